The molecule has 0 saturated heterocycles. The van der Waals surface area contributed by atoms with Gasteiger partial charge in [-0.3, -0.25) is 4.72 Å². The quantitative estimate of drug-likeness (QED) is 0.674. The van der Waals surface area contributed by atoms with Crippen molar-refractivity contribution < 1.29 is 9.53 Å². The molecule has 0 saturated carbocycles. The van der Waals surface area contributed by atoms with E-state index in [1.54, 1.807) is 12.3 Å². The van der Waals surface area contributed by atoms with Crippen molar-refractivity contribution >= 4 is 39.6 Å². The lowest BCUT2D eigenvalue weighted by Crippen LogP contribution is -2.26. The summed E-state index contributed by atoms with van der Waals surface area (Å²) >= 11 is 5.81. The Labute approximate surface area is 142 Å². The number of hydrogen-bond donors (Lipinski definition) is 1. The smallest absolute Gasteiger partial charge is 0.418 e. The van der Waals surface area contributed by atoms with Crippen LogP contribution in [0.4, 0.5) is 10.5 Å². The first-order valence-corrected chi connectivity index (χ1v) is 8.77. The Bertz CT molecular complexity index is 707. The Kier molecular flexibility index (Phi) is 5.15. The lowest BCUT2D eigenvalue weighted by atomic mass is 10.2. The Hall–Kier alpha value is -2.05. The van der Waals surface area contributed by atoms with Crippen LogP contribution in [0.1, 0.15) is 12.0 Å². The molecule has 2 aromatic rings. The Morgan fingerprint density at radius 2 is 2.13 bits per heavy atom. The summed E-state index contributed by atoms with van der Waals surface area (Å²) in [4.78, 5) is 16.1. The highest BCUT2D eigenvalue weighted by molar-refractivity contribution is 8.15. The van der Waals surface area contributed by atoms with E-state index in [-0.39, 0.29) is 6.61 Å². The summed E-state index contributed by atoms with van der Waals surface area (Å²) in [6, 6.07) is 13.2. The molecular weight excluding hydrogens is 334 g/mol. The molecule has 0 spiro atoms. The summed E-state index contributed by atoms with van der Waals surface area (Å²) in [6.07, 6.45) is 2.17. The normalized spacial score (nSPS) is 16.7. The van der Waals surface area contributed by atoms with E-state index in [0.29, 0.717) is 5.15 Å². The van der Waals surface area contributed by atoms with Gasteiger partial charge in [0.25, 0.3) is 0 Å². The minimum absolute atomic E-state index is 0.256. The Morgan fingerprint density at radius 1 is 1.30 bits per heavy atom. The van der Waals surface area contributed by atoms with Crippen LogP contribution in [-0.4, -0.2) is 23.0 Å². The maximum Gasteiger partial charge on any atom is 0.418 e. The molecule has 7 heteroatoms. The zero-order valence-corrected chi connectivity index (χ0v) is 13.9. The number of carbonyl (C=O) groups excluding carboxylic acids is 1. The number of carbonyl (C=O) groups is 1. The van der Waals surface area contributed by atoms with Crippen LogP contribution < -0.4 is 9.03 Å². The molecule has 0 radical (unpaired) electrons. The van der Waals surface area contributed by atoms with Crippen LogP contribution in [-0.2, 0) is 11.3 Å². The van der Waals surface area contributed by atoms with E-state index in [1.807, 2.05) is 36.4 Å². The first-order valence-electron chi connectivity index (χ1n) is 7.15. The molecule has 2 heterocycles. The summed E-state index contributed by atoms with van der Waals surface area (Å²) in [6.45, 7) is 1.08. The van der Waals surface area contributed by atoms with Crippen LogP contribution >= 0.6 is 22.5 Å². The van der Waals surface area contributed by atoms with Gasteiger partial charge in [-0.25, -0.2) is 9.78 Å². The second kappa shape index (κ2) is 7.48. The molecule has 1 aromatic heterocycles. The van der Waals surface area contributed by atoms with Crippen LogP contribution in [0.15, 0.2) is 48.7 Å². The van der Waals surface area contributed by atoms with Gasteiger partial charge in [0.15, 0.2) is 0 Å². The highest BCUT2D eigenvalue weighted by Crippen LogP contribution is 2.29. The van der Waals surface area contributed by atoms with Gasteiger partial charge in [-0.15, -0.1) is 0 Å². The number of nitrogens with zero attached hydrogens (tertiary/aromatic N) is 2. The molecule has 120 valence electrons. The molecule has 1 aliphatic rings. The molecule has 0 aliphatic carbocycles. The molecule has 1 unspecified atom stereocenters. The topological polar surface area (TPSA) is 54.5 Å². The number of nitrogens with one attached hydrogen (secondary N) is 1. The van der Waals surface area contributed by atoms with Gasteiger partial charge in [0, 0.05) is 17.4 Å². The molecule has 1 N–H and O–H groups in total. The first kappa shape index (κ1) is 15.8. The van der Waals surface area contributed by atoms with Crippen molar-refractivity contribution in [3.63, 3.8) is 0 Å². The fourth-order valence-electron chi connectivity index (χ4n) is 2.16. The largest absolute Gasteiger partial charge is 0.444 e. The maximum absolute atomic E-state index is 12.0. The fraction of sp³-hybridized carbons (Fsp3) is 0.188. The summed E-state index contributed by atoms with van der Waals surface area (Å²) in [7, 11) is -0.510. The maximum atomic E-state index is 12.0. The highest BCUT2D eigenvalue weighted by Gasteiger charge is 2.18. The van der Waals surface area contributed by atoms with E-state index < -0.39 is 16.9 Å². The number of benzene rings is 1. The van der Waals surface area contributed by atoms with Crippen molar-refractivity contribution in [1.82, 2.24) is 9.71 Å². The lowest BCUT2D eigenvalue weighted by Gasteiger charge is -2.23. The third kappa shape index (κ3) is 4.24. The van der Waals surface area contributed by atoms with Gasteiger partial charge in [0.2, 0.25) is 0 Å². The molecule has 1 aromatic carbocycles. The predicted molar refractivity (Wildman–Crippen MR) is 94.6 cm³/mol. The van der Waals surface area contributed by atoms with Gasteiger partial charge in [0.05, 0.1) is 11.9 Å². The average Bonchev–Trinajstić information content (AvgIpc) is 3.03. The molecule has 1 aliphatic heterocycles. The number of amides is 1. The van der Waals surface area contributed by atoms with E-state index in [9.17, 15) is 4.79 Å². The van der Waals surface area contributed by atoms with Gasteiger partial charge in [0.1, 0.15) is 11.8 Å². The standard InChI is InChI=1S/C16H16ClN3O2S/c17-15-8-7-14(11-18-15)20-9-4-10-23(20)19-16(21)22-12-13-5-2-1-3-6-13/h1-3,5-8,10-11H,4,9,12H2,(H,19,21). The molecule has 1 atom stereocenters. The van der Waals surface area contributed by atoms with Gasteiger partial charge in [-0.1, -0.05) is 41.9 Å². The van der Waals surface area contributed by atoms with Crippen LogP contribution in [0, 0.1) is 0 Å². The molecular formula is C16H16ClN3O2S. The number of pyridine rings is 1. The Balaban J connectivity index is 1.58. The van der Waals surface area contributed by atoms with E-state index in [4.69, 9.17) is 16.3 Å². The van der Waals surface area contributed by atoms with Crippen LogP contribution in [0.2, 0.25) is 5.15 Å². The number of rotatable bonds is 4. The second-order valence-corrected chi connectivity index (χ2v) is 6.87. The monoisotopic (exact) mass is 349 g/mol. The third-order valence-electron chi connectivity index (χ3n) is 3.25. The Morgan fingerprint density at radius 3 is 2.87 bits per heavy atom. The number of anilines is 1. The second-order valence-electron chi connectivity index (χ2n) is 4.87. The molecule has 3 rings (SSSR count). The van der Waals surface area contributed by atoms with Crippen molar-refractivity contribution in [2.75, 3.05) is 10.8 Å². The van der Waals surface area contributed by atoms with Crippen molar-refractivity contribution in [3.05, 3.63) is 59.4 Å². The van der Waals surface area contributed by atoms with Crippen molar-refractivity contribution in [2.24, 2.45) is 0 Å². The molecule has 0 fully saturated rings. The van der Waals surface area contributed by atoms with E-state index in [2.05, 4.69) is 19.4 Å². The fourth-order valence-corrected chi connectivity index (χ4v) is 3.84. The third-order valence-corrected chi connectivity index (χ3v) is 5.26. The summed E-state index contributed by atoms with van der Waals surface area (Å²) in [5.41, 5.74) is 1.88. The van der Waals surface area contributed by atoms with Crippen LogP contribution in [0.5, 0.6) is 0 Å². The van der Waals surface area contributed by atoms with E-state index >= 15 is 0 Å². The molecule has 23 heavy (non-hydrogen) atoms. The SMILES string of the molecule is O=C(NS1=CCCN1c1ccc(Cl)nc1)OCc1ccccc1. The molecule has 1 amide bonds. The number of hydrogen-bond acceptors (Lipinski definition) is 4. The molecule has 5 nitrogen and oxygen atoms in total. The van der Waals surface area contributed by atoms with Crippen molar-refractivity contribution in [1.29, 1.82) is 0 Å². The lowest BCUT2D eigenvalue weighted by molar-refractivity contribution is 0.146. The van der Waals surface area contributed by atoms with Crippen molar-refractivity contribution in [3.8, 4) is 0 Å². The zero-order valence-electron chi connectivity index (χ0n) is 12.3. The summed E-state index contributed by atoms with van der Waals surface area (Å²) < 4.78 is 10.2. The van der Waals surface area contributed by atoms with Gasteiger partial charge < -0.3 is 9.04 Å². The van der Waals surface area contributed by atoms with Crippen molar-refractivity contribution in [2.45, 2.75) is 13.0 Å². The zero-order chi connectivity index (χ0) is 16.1. The number of ether oxygens (including phenoxy) is 1. The van der Waals surface area contributed by atoms with Gasteiger partial charge in [-0.2, -0.15) is 0 Å². The van der Waals surface area contributed by atoms with Crippen LogP contribution in [0.3, 0.4) is 0 Å². The summed E-state index contributed by atoms with van der Waals surface area (Å²) in [5.74, 6) is 0. The van der Waals surface area contributed by atoms with E-state index in [1.165, 1.54) is 0 Å². The highest BCUT2D eigenvalue weighted by atomic mass is 35.5. The van der Waals surface area contributed by atoms with E-state index in [0.717, 1.165) is 24.2 Å². The number of halogens is 1. The minimum atomic E-state index is -0.510. The molecule has 0 bridgehead atoms. The van der Waals surface area contributed by atoms with Gasteiger partial charge in [-0.05, 0) is 29.5 Å². The van der Waals surface area contributed by atoms with Crippen LogP contribution in [0.25, 0.3) is 0 Å². The first-order chi connectivity index (χ1) is 11.2. The minimum Gasteiger partial charge on any atom is -0.444 e. The van der Waals surface area contributed by atoms with Gasteiger partial charge >= 0.3 is 6.09 Å². The average molecular weight is 350 g/mol. The number of aromatic nitrogens is 1. The predicted octanol–water partition coefficient (Wildman–Crippen LogP) is 3.77. The summed E-state index contributed by atoms with van der Waals surface area (Å²) in [5, 5.41) is 2.52.